The van der Waals surface area contributed by atoms with E-state index in [0.717, 1.165) is 12.1 Å². The highest BCUT2D eigenvalue weighted by atomic mass is 16.7. The molecule has 0 amide bonds. The van der Waals surface area contributed by atoms with Gasteiger partial charge in [-0.1, -0.05) is 12.1 Å². The Kier molecular flexibility index (Phi) is 7.77. The van der Waals surface area contributed by atoms with Crippen LogP contribution in [0, 0.1) is 0 Å². The molecule has 12 heteroatoms. The molecule has 5 atom stereocenters. The maximum Gasteiger partial charge on any atom is 0.331 e. The molecule has 0 unspecified atom stereocenters. The zero-order valence-corrected chi connectivity index (χ0v) is 21.9. The quantitative estimate of drug-likeness (QED) is 0.145. The molecule has 42 heavy (non-hydrogen) atoms. The van der Waals surface area contributed by atoms with Crippen molar-refractivity contribution >= 4 is 23.0 Å². The van der Waals surface area contributed by atoms with Gasteiger partial charge in [0.15, 0.2) is 11.9 Å². The molecule has 218 valence electrons. The van der Waals surface area contributed by atoms with E-state index >= 15 is 0 Å². The number of hydrogen-bond acceptors (Lipinski definition) is 12. The lowest BCUT2D eigenvalue weighted by Gasteiger charge is -2.40. The van der Waals surface area contributed by atoms with Gasteiger partial charge in [0.1, 0.15) is 46.2 Å². The minimum atomic E-state index is -1.62. The highest BCUT2D eigenvalue weighted by Gasteiger charge is 2.46. The maximum atomic E-state index is 12.9. The van der Waals surface area contributed by atoms with E-state index < -0.39 is 53.6 Å². The fourth-order valence-corrected chi connectivity index (χ4v) is 4.42. The van der Waals surface area contributed by atoms with Crippen molar-refractivity contribution in [1.29, 1.82) is 0 Å². The van der Waals surface area contributed by atoms with Crippen molar-refractivity contribution in [3.8, 4) is 40.1 Å². The van der Waals surface area contributed by atoms with Crippen molar-refractivity contribution in [3.05, 3.63) is 82.5 Å². The number of esters is 1. The van der Waals surface area contributed by atoms with Crippen molar-refractivity contribution in [2.75, 3.05) is 0 Å². The third-order valence-electron chi connectivity index (χ3n) is 6.65. The van der Waals surface area contributed by atoms with Crippen molar-refractivity contribution in [2.24, 2.45) is 0 Å². The highest BCUT2D eigenvalue weighted by Crippen LogP contribution is 2.37. The molecule has 1 fully saturated rings. The topological polar surface area (TPSA) is 196 Å². The Balaban J connectivity index is 1.44. The van der Waals surface area contributed by atoms with Gasteiger partial charge in [0.05, 0.1) is 6.10 Å². The standard InChI is InChI=1S/C30H26O12/c1-14-24(35)26(37)29(42-22(34)11-4-15-2-7-17(31)8-3-15)30(39-14)40-19-12-20(33)23-21(13-19)41-28(27(38)25(23)36)16-5-9-18(32)10-6-16/h2-14,24,26,29-33,35,37-38H,1H3/t14-,24+,26-,29-,30+/m1/s1. The number of aromatic hydroxyl groups is 4. The number of aliphatic hydroxyl groups excluding tert-OH is 2. The lowest BCUT2D eigenvalue weighted by atomic mass is 9.99. The van der Waals surface area contributed by atoms with Crippen molar-refractivity contribution in [3.63, 3.8) is 0 Å². The van der Waals surface area contributed by atoms with E-state index in [1.807, 2.05) is 0 Å². The number of benzene rings is 3. The lowest BCUT2D eigenvalue weighted by Crippen LogP contribution is -2.59. The van der Waals surface area contributed by atoms with Gasteiger partial charge in [0.25, 0.3) is 0 Å². The largest absolute Gasteiger partial charge is 0.508 e. The summed E-state index contributed by atoms with van der Waals surface area (Å²) >= 11 is 0. The minimum Gasteiger partial charge on any atom is -0.508 e. The third kappa shape index (κ3) is 5.72. The molecule has 0 bridgehead atoms. The van der Waals surface area contributed by atoms with E-state index in [0.29, 0.717) is 5.56 Å². The number of fused-ring (bicyclic) bond motifs is 1. The molecule has 1 aromatic heterocycles. The van der Waals surface area contributed by atoms with Crippen LogP contribution in [0.1, 0.15) is 12.5 Å². The summed E-state index contributed by atoms with van der Waals surface area (Å²) in [6.07, 6.45) is -4.49. The fraction of sp³-hybridized carbons (Fsp3) is 0.200. The number of phenolic OH excluding ortho intramolecular Hbond substituents is 3. The summed E-state index contributed by atoms with van der Waals surface area (Å²) < 4.78 is 22.6. The van der Waals surface area contributed by atoms with Crippen LogP contribution in [-0.2, 0) is 14.3 Å². The summed E-state index contributed by atoms with van der Waals surface area (Å²) in [5, 5.41) is 60.7. The Hall–Kier alpha value is -5.04. The van der Waals surface area contributed by atoms with Gasteiger partial charge in [-0.2, -0.15) is 0 Å². The summed E-state index contributed by atoms with van der Waals surface area (Å²) in [5.41, 5.74) is -0.246. The average molecular weight is 579 g/mol. The number of carbonyl (C=O) groups excluding carboxylic acids is 1. The van der Waals surface area contributed by atoms with E-state index in [-0.39, 0.29) is 39.5 Å². The Bertz CT molecular complexity index is 1690. The molecular formula is C30H26O12. The van der Waals surface area contributed by atoms with Crippen LogP contribution in [0.5, 0.6) is 28.7 Å². The number of phenols is 3. The molecular weight excluding hydrogens is 552 g/mol. The zero-order valence-electron chi connectivity index (χ0n) is 21.9. The minimum absolute atomic E-state index is 0.0465. The molecule has 5 rings (SSSR count). The first-order valence-corrected chi connectivity index (χ1v) is 12.7. The van der Waals surface area contributed by atoms with E-state index in [2.05, 4.69) is 0 Å². The van der Waals surface area contributed by atoms with E-state index in [1.54, 1.807) is 12.1 Å². The van der Waals surface area contributed by atoms with Gasteiger partial charge < -0.3 is 49.3 Å². The summed E-state index contributed by atoms with van der Waals surface area (Å²) in [7, 11) is 0. The van der Waals surface area contributed by atoms with Crippen molar-refractivity contribution in [1.82, 2.24) is 0 Å². The average Bonchev–Trinajstić information content (AvgIpc) is 2.96. The van der Waals surface area contributed by atoms with E-state index in [9.17, 15) is 40.2 Å². The molecule has 6 N–H and O–H groups in total. The molecule has 12 nitrogen and oxygen atoms in total. The Morgan fingerprint density at radius 3 is 2.21 bits per heavy atom. The van der Waals surface area contributed by atoms with E-state index in [4.69, 9.17) is 18.6 Å². The summed E-state index contributed by atoms with van der Waals surface area (Å²) in [6, 6.07) is 13.8. The predicted octanol–water partition coefficient (Wildman–Crippen LogP) is 2.75. The zero-order chi connectivity index (χ0) is 30.1. The Labute approximate surface area is 237 Å². The van der Waals surface area contributed by atoms with E-state index in [1.165, 1.54) is 55.5 Å². The predicted molar refractivity (Wildman–Crippen MR) is 147 cm³/mol. The first-order chi connectivity index (χ1) is 20.0. The van der Waals surface area contributed by atoms with Gasteiger partial charge >= 0.3 is 5.97 Å². The molecule has 1 saturated heterocycles. The van der Waals surface area contributed by atoms with Gasteiger partial charge in [0, 0.05) is 23.8 Å². The number of carbonyl (C=O) groups is 1. The molecule has 0 saturated carbocycles. The second-order valence-electron chi connectivity index (χ2n) is 9.61. The SMILES string of the molecule is C[C@H]1O[C@@H](Oc2cc(O)c3c(=O)c(O)c(-c4ccc(O)cc4)oc3c2)[C@H](OC(=O)C=Cc2ccc(O)cc2)[C@H](O)[C@H]1O. The number of rotatable bonds is 6. The molecule has 4 aromatic rings. The lowest BCUT2D eigenvalue weighted by molar-refractivity contribution is -0.272. The third-order valence-corrected chi connectivity index (χ3v) is 6.65. The Morgan fingerprint density at radius 2 is 1.55 bits per heavy atom. The Morgan fingerprint density at radius 1 is 0.905 bits per heavy atom. The number of hydrogen-bond donors (Lipinski definition) is 6. The van der Waals surface area contributed by atoms with Crippen LogP contribution < -0.4 is 10.2 Å². The van der Waals surface area contributed by atoms with Gasteiger partial charge in [-0.25, -0.2) is 4.79 Å². The molecule has 1 aliphatic heterocycles. The first-order valence-electron chi connectivity index (χ1n) is 12.7. The normalized spacial score (nSPS) is 22.3. The van der Waals surface area contributed by atoms with Gasteiger partial charge in [-0.15, -0.1) is 0 Å². The van der Waals surface area contributed by atoms with Crippen molar-refractivity contribution in [2.45, 2.75) is 37.6 Å². The van der Waals surface area contributed by atoms with Crippen LogP contribution in [0.25, 0.3) is 28.4 Å². The monoisotopic (exact) mass is 578 g/mol. The molecule has 3 aromatic carbocycles. The molecule has 0 aliphatic carbocycles. The van der Waals surface area contributed by atoms with Crippen LogP contribution in [-0.4, -0.2) is 67.3 Å². The first kappa shape index (κ1) is 28.5. The number of aliphatic hydroxyl groups is 2. The van der Waals surface area contributed by atoms with Gasteiger partial charge in [0.2, 0.25) is 17.5 Å². The molecule has 0 radical (unpaired) electrons. The van der Waals surface area contributed by atoms with Gasteiger partial charge in [-0.3, -0.25) is 4.79 Å². The molecule has 2 heterocycles. The highest BCUT2D eigenvalue weighted by molar-refractivity contribution is 5.88. The smallest absolute Gasteiger partial charge is 0.331 e. The maximum absolute atomic E-state index is 12.9. The summed E-state index contributed by atoms with van der Waals surface area (Å²) in [5.74, 6) is -2.59. The van der Waals surface area contributed by atoms with Crippen LogP contribution in [0.15, 0.2) is 76.0 Å². The summed E-state index contributed by atoms with van der Waals surface area (Å²) in [4.78, 5) is 25.4. The second-order valence-corrected chi connectivity index (χ2v) is 9.61. The van der Waals surface area contributed by atoms with Crippen LogP contribution >= 0.6 is 0 Å². The van der Waals surface area contributed by atoms with Crippen molar-refractivity contribution < 1.29 is 54.1 Å². The molecule has 1 aliphatic rings. The summed E-state index contributed by atoms with van der Waals surface area (Å²) in [6.45, 7) is 1.47. The number of ether oxygens (including phenoxy) is 3. The van der Waals surface area contributed by atoms with Gasteiger partial charge in [-0.05, 0) is 55.0 Å². The second kappa shape index (κ2) is 11.4. The van der Waals surface area contributed by atoms with Crippen LogP contribution in [0.3, 0.4) is 0 Å². The van der Waals surface area contributed by atoms with Crippen LogP contribution in [0.4, 0.5) is 0 Å². The fourth-order valence-electron chi connectivity index (χ4n) is 4.42. The van der Waals surface area contributed by atoms with Crippen LogP contribution in [0.2, 0.25) is 0 Å². The molecule has 0 spiro atoms.